The standard InChI is InChI=1S/C24H19F6NO7S2/c1-36-39(32,33)13-19-12-31(40(34,35)20-4-2-3-16(10-20)24(28,29)30)21-9-14(5-6-22(21)37-19)15-7-17(25)11-18(8-15)38-23(26)27/h2-11,19,23H,12-13H2,1H3/t19-/m1/s1. The first-order chi connectivity index (χ1) is 18.6. The van der Waals surface area contributed by atoms with E-state index in [2.05, 4.69) is 8.92 Å². The zero-order valence-electron chi connectivity index (χ0n) is 20.2. The third-order valence-corrected chi connectivity index (χ3v) is 8.78. The third kappa shape index (κ3) is 6.45. The molecule has 0 spiro atoms. The van der Waals surface area contributed by atoms with Gasteiger partial charge in [-0.1, -0.05) is 12.1 Å². The van der Waals surface area contributed by atoms with Crippen LogP contribution in [0.4, 0.5) is 32.0 Å². The van der Waals surface area contributed by atoms with E-state index < -0.39 is 73.4 Å². The predicted octanol–water partition coefficient (Wildman–Crippen LogP) is 5.05. The number of hydrogen-bond acceptors (Lipinski definition) is 7. The quantitative estimate of drug-likeness (QED) is 0.260. The van der Waals surface area contributed by atoms with Crippen molar-refractivity contribution in [2.24, 2.45) is 0 Å². The van der Waals surface area contributed by atoms with E-state index in [1.807, 2.05) is 0 Å². The average molecular weight is 612 g/mol. The molecule has 0 bridgehead atoms. The van der Waals surface area contributed by atoms with Crippen LogP contribution in [0.5, 0.6) is 11.5 Å². The second-order valence-corrected chi connectivity index (χ2v) is 12.1. The summed E-state index contributed by atoms with van der Waals surface area (Å²) in [6.07, 6.45) is -6.18. The summed E-state index contributed by atoms with van der Waals surface area (Å²) in [5, 5.41) is 0. The van der Waals surface area contributed by atoms with Gasteiger partial charge in [0.15, 0.2) is 0 Å². The monoisotopic (exact) mass is 611 g/mol. The van der Waals surface area contributed by atoms with E-state index in [9.17, 15) is 43.2 Å². The summed E-state index contributed by atoms with van der Waals surface area (Å²) in [5.41, 5.74) is -1.35. The topological polar surface area (TPSA) is 99.2 Å². The molecule has 0 fully saturated rings. The number of ether oxygens (including phenoxy) is 2. The van der Waals surface area contributed by atoms with Gasteiger partial charge in [0.05, 0.1) is 29.8 Å². The fraction of sp³-hybridized carbons (Fsp3) is 0.250. The summed E-state index contributed by atoms with van der Waals surface area (Å²) < 4.78 is 146. The van der Waals surface area contributed by atoms with Crippen LogP contribution in [0, 0.1) is 5.82 Å². The minimum absolute atomic E-state index is 0.000971. The minimum Gasteiger partial charge on any atom is -0.485 e. The van der Waals surface area contributed by atoms with Gasteiger partial charge in [0.1, 0.15) is 29.2 Å². The van der Waals surface area contributed by atoms with Gasteiger partial charge in [-0.2, -0.15) is 30.4 Å². The number of halogens is 6. The zero-order chi connectivity index (χ0) is 29.5. The largest absolute Gasteiger partial charge is 0.485 e. The van der Waals surface area contributed by atoms with E-state index >= 15 is 0 Å². The first kappa shape index (κ1) is 29.5. The number of rotatable bonds is 8. The molecule has 0 aromatic heterocycles. The lowest BCUT2D eigenvalue weighted by Crippen LogP contribution is -2.46. The molecule has 3 aromatic rings. The molecule has 1 aliphatic rings. The summed E-state index contributed by atoms with van der Waals surface area (Å²) in [6, 6.07) is 9.42. The van der Waals surface area contributed by atoms with Crippen LogP contribution in [0.2, 0.25) is 0 Å². The third-order valence-electron chi connectivity index (χ3n) is 5.71. The second-order valence-electron chi connectivity index (χ2n) is 8.43. The molecule has 0 saturated carbocycles. The van der Waals surface area contributed by atoms with Crippen molar-refractivity contribution < 1.29 is 56.8 Å². The smallest absolute Gasteiger partial charge is 0.416 e. The molecule has 1 aliphatic heterocycles. The van der Waals surface area contributed by atoms with Crippen LogP contribution in [0.3, 0.4) is 0 Å². The van der Waals surface area contributed by atoms with Crippen LogP contribution in [0.25, 0.3) is 11.1 Å². The van der Waals surface area contributed by atoms with Gasteiger partial charge in [-0.25, -0.2) is 12.8 Å². The Kier molecular flexibility index (Phi) is 7.97. The molecule has 0 unspecified atom stereocenters. The van der Waals surface area contributed by atoms with Crippen molar-refractivity contribution in [2.45, 2.75) is 23.8 Å². The summed E-state index contributed by atoms with van der Waals surface area (Å²) in [6.45, 7) is -3.90. The second kappa shape index (κ2) is 10.8. The first-order valence-corrected chi connectivity index (χ1v) is 14.2. The Morgan fingerprint density at radius 2 is 1.73 bits per heavy atom. The molecule has 0 saturated heterocycles. The van der Waals surface area contributed by atoms with E-state index in [1.165, 1.54) is 18.2 Å². The van der Waals surface area contributed by atoms with Crippen molar-refractivity contribution in [2.75, 3.05) is 23.7 Å². The van der Waals surface area contributed by atoms with Gasteiger partial charge in [-0.05, 0) is 53.6 Å². The molecule has 3 aromatic carbocycles. The highest BCUT2D eigenvalue weighted by atomic mass is 32.2. The number of nitrogens with zero attached hydrogens (tertiary/aromatic N) is 1. The Labute approximate surface area is 224 Å². The summed E-state index contributed by atoms with van der Waals surface area (Å²) in [7, 11) is -8.04. The highest BCUT2D eigenvalue weighted by Crippen LogP contribution is 2.41. The van der Waals surface area contributed by atoms with Crippen LogP contribution in [-0.2, 0) is 30.5 Å². The molecular weight excluding hydrogens is 592 g/mol. The molecule has 0 N–H and O–H groups in total. The van der Waals surface area contributed by atoms with Gasteiger partial charge in [-0.3, -0.25) is 8.49 Å². The highest BCUT2D eigenvalue weighted by molar-refractivity contribution is 7.92. The SMILES string of the molecule is COS(=O)(=O)C[C@H]1CN(S(=O)(=O)c2cccc(C(F)(F)F)c2)c2cc(-c3cc(F)cc(OC(F)F)c3)ccc2O1. The minimum atomic E-state index is -4.86. The fourth-order valence-corrected chi connectivity index (χ4v) is 6.27. The summed E-state index contributed by atoms with van der Waals surface area (Å²) in [5.74, 6) is -2.42. The van der Waals surface area contributed by atoms with Crippen molar-refractivity contribution in [3.8, 4) is 22.6 Å². The van der Waals surface area contributed by atoms with Gasteiger partial charge in [-0.15, -0.1) is 0 Å². The van der Waals surface area contributed by atoms with Crippen LogP contribution in [0.15, 0.2) is 65.6 Å². The van der Waals surface area contributed by atoms with Crippen molar-refractivity contribution in [3.63, 3.8) is 0 Å². The molecule has 4 rings (SSSR count). The Hall–Kier alpha value is -3.50. The lowest BCUT2D eigenvalue weighted by atomic mass is 10.0. The number of benzene rings is 3. The van der Waals surface area contributed by atoms with Crippen molar-refractivity contribution in [1.82, 2.24) is 0 Å². The summed E-state index contributed by atoms with van der Waals surface area (Å²) in [4.78, 5) is -0.743. The Balaban J connectivity index is 1.84. The first-order valence-electron chi connectivity index (χ1n) is 11.1. The number of fused-ring (bicyclic) bond motifs is 1. The normalized spacial score (nSPS) is 16.0. The average Bonchev–Trinajstić information content (AvgIpc) is 2.86. The maximum Gasteiger partial charge on any atom is 0.416 e. The van der Waals surface area contributed by atoms with E-state index in [4.69, 9.17) is 4.74 Å². The van der Waals surface area contributed by atoms with Gasteiger partial charge in [0.2, 0.25) is 0 Å². The zero-order valence-corrected chi connectivity index (χ0v) is 21.9. The molecule has 1 heterocycles. The molecule has 0 radical (unpaired) electrons. The molecule has 16 heteroatoms. The number of alkyl halides is 5. The molecule has 8 nitrogen and oxygen atoms in total. The van der Waals surface area contributed by atoms with Gasteiger partial charge in [0.25, 0.3) is 20.1 Å². The van der Waals surface area contributed by atoms with Crippen LogP contribution in [-0.4, -0.2) is 49.0 Å². The van der Waals surface area contributed by atoms with Crippen molar-refractivity contribution >= 4 is 25.8 Å². The molecule has 1 atom stereocenters. The number of hydrogen-bond donors (Lipinski definition) is 0. The van der Waals surface area contributed by atoms with Crippen LogP contribution in [0.1, 0.15) is 5.56 Å². The Morgan fingerprint density at radius 3 is 2.38 bits per heavy atom. The lowest BCUT2D eigenvalue weighted by molar-refractivity contribution is -0.137. The van der Waals surface area contributed by atoms with Gasteiger partial charge >= 0.3 is 12.8 Å². The van der Waals surface area contributed by atoms with E-state index in [0.717, 1.165) is 31.4 Å². The molecule has 40 heavy (non-hydrogen) atoms. The highest BCUT2D eigenvalue weighted by Gasteiger charge is 2.38. The Bertz CT molecular complexity index is 1630. The van der Waals surface area contributed by atoms with Crippen molar-refractivity contribution in [1.29, 1.82) is 0 Å². The van der Waals surface area contributed by atoms with E-state index in [0.29, 0.717) is 22.5 Å². The molecule has 0 amide bonds. The fourth-order valence-electron chi connectivity index (χ4n) is 3.96. The number of sulfonamides is 1. The van der Waals surface area contributed by atoms with E-state index in [-0.39, 0.29) is 22.6 Å². The van der Waals surface area contributed by atoms with Gasteiger partial charge < -0.3 is 9.47 Å². The molecule has 0 aliphatic carbocycles. The van der Waals surface area contributed by atoms with Crippen LogP contribution < -0.4 is 13.8 Å². The van der Waals surface area contributed by atoms with Crippen LogP contribution >= 0.6 is 0 Å². The predicted molar refractivity (Wildman–Crippen MR) is 130 cm³/mol. The maximum atomic E-state index is 14.2. The lowest BCUT2D eigenvalue weighted by Gasteiger charge is -2.35. The summed E-state index contributed by atoms with van der Waals surface area (Å²) >= 11 is 0. The molecule has 216 valence electrons. The van der Waals surface area contributed by atoms with E-state index in [1.54, 1.807) is 0 Å². The Morgan fingerprint density at radius 1 is 1.00 bits per heavy atom. The maximum absolute atomic E-state index is 14.2. The van der Waals surface area contributed by atoms with Gasteiger partial charge in [0, 0.05) is 6.07 Å². The van der Waals surface area contributed by atoms with Crippen molar-refractivity contribution in [3.05, 3.63) is 72.0 Å². The number of anilines is 1. The molecular formula is C24H19F6NO7S2.